The van der Waals surface area contributed by atoms with Gasteiger partial charge in [-0.25, -0.2) is 0 Å². The van der Waals surface area contributed by atoms with Gasteiger partial charge in [-0.05, 0) is 36.2 Å². The van der Waals surface area contributed by atoms with Gasteiger partial charge in [-0.3, -0.25) is 0 Å². The Morgan fingerprint density at radius 1 is 0.840 bits per heavy atom. The molecule has 0 fully saturated rings. The summed E-state index contributed by atoms with van der Waals surface area (Å²) in [5.74, 6) is 0. The van der Waals surface area contributed by atoms with Gasteiger partial charge in [-0.2, -0.15) is 13.2 Å². The van der Waals surface area contributed by atoms with E-state index in [1.54, 1.807) is 6.07 Å². The van der Waals surface area contributed by atoms with Gasteiger partial charge in [0, 0.05) is 22.8 Å². The van der Waals surface area contributed by atoms with Crippen molar-refractivity contribution in [1.82, 2.24) is 4.57 Å². The third-order valence-electron chi connectivity index (χ3n) is 4.59. The summed E-state index contributed by atoms with van der Waals surface area (Å²) in [4.78, 5) is 0. The zero-order valence-electron chi connectivity index (χ0n) is 13.6. The molecule has 0 saturated heterocycles. The van der Waals surface area contributed by atoms with E-state index < -0.39 is 11.7 Å². The van der Waals surface area contributed by atoms with Crippen molar-refractivity contribution in [2.24, 2.45) is 0 Å². The zero-order valence-corrected chi connectivity index (χ0v) is 13.6. The molecule has 0 aliphatic rings. The molecule has 0 amide bonds. The Hall–Kier alpha value is -2.75. The number of hydrogen-bond donors (Lipinski definition) is 0. The van der Waals surface area contributed by atoms with E-state index in [4.69, 9.17) is 0 Å². The Morgan fingerprint density at radius 3 is 2.36 bits per heavy atom. The first-order chi connectivity index (χ1) is 11.9. The molecule has 4 aromatic rings. The van der Waals surface area contributed by atoms with Gasteiger partial charge in [0.2, 0.25) is 0 Å². The SMILES string of the molecule is Cc1cccc2c3ccccc3n(Cc3cccc(C(F)(F)F)c3)c12. The normalized spacial score (nSPS) is 12.2. The van der Waals surface area contributed by atoms with Crippen LogP contribution in [0.1, 0.15) is 16.7 Å². The van der Waals surface area contributed by atoms with Gasteiger partial charge in [0.1, 0.15) is 0 Å². The summed E-state index contributed by atoms with van der Waals surface area (Å²) < 4.78 is 41.1. The van der Waals surface area contributed by atoms with Crippen LogP contribution >= 0.6 is 0 Å². The highest BCUT2D eigenvalue weighted by Crippen LogP contribution is 2.33. The molecule has 25 heavy (non-hydrogen) atoms. The van der Waals surface area contributed by atoms with E-state index >= 15 is 0 Å². The molecule has 0 aliphatic carbocycles. The van der Waals surface area contributed by atoms with E-state index in [1.807, 2.05) is 37.3 Å². The van der Waals surface area contributed by atoms with Crippen LogP contribution in [-0.2, 0) is 12.7 Å². The standard InChI is InChI=1S/C21H16F3N/c1-14-6-4-10-18-17-9-2-3-11-19(17)25(20(14)18)13-15-7-5-8-16(12-15)21(22,23)24/h2-12H,13H2,1H3. The molecular weight excluding hydrogens is 323 g/mol. The number of rotatable bonds is 2. The summed E-state index contributed by atoms with van der Waals surface area (Å²) in [6.45, 7) is 2.43. The second kappa shape index (κ2) is 5.66. The van der Waals surface area contributed by atoms with Crippen molar-refractivity contribution in [1.29, 1.82) is 0 Å². The summed E-state index contributed by atoms with van der Waals surface area (Å²) in [6.07, 6.45) is -4.33. The van der Waals surface area contributed by atoms with Gasteiger partial charge in [0.25, 0.3) is 0 Å². The Morgan fingerprint density at radius 2 is 1.56 bits per heavy atom. The van der Waals surface area contributed by atoms with Crippen LogP contribution in [0.2, 0.25) is 0 Å². The van der Waals surface area contributed by atoms with Crippen molar-refractivity contribution in [3.05, 3.63) is 83.4 Å². The Labute approximate surface area is 143 Å². The number of halogens is 3. The maximum atomic E-state index is 13.0. The molecule has 0 bridgehead atoms. The second-order valence-corrected chi connectivity index (χ2v) is 6.27. The van der Waals surface area contributed by atoms with E-state index in [2.05, 4.69) is 16.7 Å². The van der Waals surface area contributed by atoms with E-state index in [9.17, 15) is 13.2 Å². The maximum absolute atomic E-state index is 13.0. The average Bonchev–Trinajstić information content (AvgIpc) is 2.90. The highest BCUT2D eigenvalue weighted by Gasteiger charge is 2.30. The van der Waals surface area contributed by atoms with E-state index in [-0.39, 0.29) is 0 Å². The van der Waals surface area contributed by atoms with E-state index in [0.717, 1.165) is 33.4 Å². The summed E-state index contributed by atoms with van der Waals surface area (Å²) in [5.41, 5.74) is 3.24. The lowest BCUT2D eigenvalue weighted by Gasteiger charge is -2.12. The molecule has 1 heterocycles. The van der Waals surface area contributed by atoms with Gasteiger partial charge >= 0.3 is 6.18 Å². The smallest absolute Gasteiger partial charge is 0.336 e. The lowest BCUT2D eigenvalue weighted by molar-refractivity contribution is -0.137. The van der Waals surface area contributed by atoms with Crippen LogP contribution in [0, 0.1) is 6.92 Å². The van der Waals surface area contributed by atoms with E-state index in [0.29, 0.717) is 12.1 Å². The summed E-state index contributed by atoms with van der Waals surface area (Å²) in [7, 11) is 0. The molecule has 126 valence electrons. The molecule has 0 radical (unpaired) electrons. The number of hydrogen-bond acceptors (Lipinski definition) is 0. The van der Waals surface area contributed by atoms with Crippen LogP contribution in [0.3, 0.4) is 0 Å². The Bertz CT molecular complexity index is 1070. The highest BCUT2D eigenvalue weighted by atomic mass is 19.4. The number of para-hydroxylation sites is 2. The fourth-order valence-corrected chi connectivity index (χ4v) is 3.48. The monoisotopic (exact) mass is 339 g/mol. The van der Waals surface area contributed by atoms with Gasteiger partial charge in [0.05, 0.1) is 11.1 Å². The molecular formula is C21H16F3N. The van der Waals surface area contributed by atoms with Crippen molar-refractivity contribution >= 4 is 21.8 Å². The molecule has 0 atom stereocenters. The summed E-state index contributed by atoms with van der Waals surface area (Å²) in [6, 6.07) is 19.7. The van der Waals surface area contributed by atoms with Gasteiger partial charge in [-0.1, -0.05) is 48.5 Å². The Kier molecular flexibility index (Phi) is 3.57. The minimum atomic E-state index is -4.33. The van der Waals surface area contributed by atoms with Crippen molar-refractivity contribution in [2.45, 2.75) is 19.6 Å². The first-order valence-corrected chi connectivity index (χ1v) is 8.08. The number of aromatic nitrogens is 1. The molecule has 4 rings (SSSR count). The molecule has 0 unspecified atom stereocenters. The molecule has 0 spiro atoms. The van der Waals surface area contributed by atoms with Crippen LogP contribution < -0.4 is 0 Å². The number of benzene rings is 3. The quantitative estimate of drug-likeness (QED) is 0.411. The van der Waals surface area contributed by atoms with Gasteiger partial charge in [-0.15, -0.1) is 0 Å². The predicted molar refractivity (Wildman–Crippen MR) is 94.7 cm³/mol. The average molecular weight is 339 g/mol. The lowest BCUT2D eigenvalue weighted by Crippen LogP contribution is -2.07. The molecule has 4 heteroatoms. The van der Waals surface area contributed by atoms with Crippen molar-refractivity contribution in [2.75, 3.05) is 0 Å². The fourth-order valence-electron chi connectivity index (χ4n) is 3.48. The van der Waals surface area contributed by atoms with Crippen molar-refractivity contribution in [3.8, 4) is 0 Å². The third kappa shape index (κ3) is 2.68. The minimum Gasteiger partial charge on any atom is -0.336 e. The van der Waals surface area contributed by atoms with Crippen LogP contribution in [0.25, 0.3) is 21.8 Å². The van der Waals surface area contributed by atoms with Crippen molar-refractivity contribution < 1.29 is 13.2 Å². The van der Waals surface area contributed by atoms with Crippen LogP contribution in [0.4, 0.5) is 13.2 Å². The minimum absolute atomic E-state index is 0.402. The lowest BCUT2D eigenvalue weighted by atomic mass is 10.1. The molecule has 0 saturated carbocycles. The molecule has 1 aromatic heterocycles. The number of aryl methyl sites for hydroxylation is 1. The van der Waals surface area contributed by atoms with Crippen LogP contribution in [0.15, 0.2) is 66.7 Å². The number of fused-ring (bicyclic) bond motifs is 3. The third-order valence-corrected chi connectivity index (χ3v) is 4.59. The van der Waals surface area contributed by atoms with E-state index in [1.165, 1.54) is 12.1 Å². The second-order valence-electron chi connectivity index (χ2n) is 6.27. The fraction of sp³-hybridized carbons (Fsp3) is 0.143. The van der Waals surface area contributed by atoms with Crippen molar-refractivity contribution in [3.63, 3.8) is 0 Å². The summed E-state index contributed by atoms with van der Waals surface area (Å²) in [5, 5.41) is 2.25. The number of alkyl halides is 3. The van der Waals surface area contributed by atoms with Crippen LogP contribution in [-0.4, -0.2) is 4.57 Å². The zero-order chi connectivity index (χ0) is 17.6. The highest BCUT2D eigenvalue weighted by molar-refractivity contribution is 6.09. The first-order valence-electron chi connectivity index (χ1n) is 8.08. The van der Waals surface area contributed by atoms with Crippen LogP contribution in [0.5, 0.6) is 0 Å². The van der Waals surface area contributed by atoms with Gasteiger partial charge < -0.3 is 4.57 Å². The molecule has 0 N–H and O–H groups in total. The summed E-state index contributed by atoms with van der Waals surface area (Å²) >= 11 is 0. The van der Waals surface area contributed by atoms with Gasteiger partial charge in [0.15, 0.2) is 0 Å². The molecule has 0 aliphatic heterocycles. The Balaban J connectivity index is 1.92. The maximum Gasteiger partial charge on any atom is 0.416 e. The first kappa shape index (κ1) is 15.8. The largest absolute Gasteiger partial charge is 0.416 e. The predicted octanol–water partition coefficient (Wildman–Crippen LogP) is 6.17. The molecule has 3 aromatic carbocycles. The molecule has 1 nitrogen and oxygen atoms in total. The topological polar surface area (TPSA) is 4.93 Å². The number of nitrogens with zero attached hydrogens (tertiary/aromatic N) is 1.